The molecule has 0 radical (unpaired) electrons. The van der Waals surface area contributed by atoms with Crippen LogP contribution in [0.5, 0.6) is 0 Å². The van der Waals surface area contributed by atoms with Crippen LogP contribution in [0.1, 0.15) is 11.1 Å². The maximum atomic E-state index is 12.5. The van der Waals surface area contributed by atoms with Crippen molar-refractivity contribution in [3.63, 3.8) is 0 Å². The molecule has 2 aromatic heterocycles. The van der Waals surface area contributed by atoms with E-state index >= 15 is 0 Å². The highest BCUT2D eigenvalue weighted by Gasteiger charge is 2.00. The molecule has 0 aliphatic rings. The number of thiophene rings is 1. The number of halogens is 1. The molecule has 0 bridgehead atoms. The van der Waals surface area contributed by atoms with Crippen molar-refractivity contribution in [3.05, 3.63) is 40.1 Å². The van der Waals surface area contributed by atoms with Gasteiger partial charge in [-0.2, -0.15) is 11.3 Å². The van der Waals surface area contributed by atoms with E-state index in [1.165, 1.54) is 11.1 Å². The van der Waals surface area contributed by atoms with Crippen molar-refractivity contribution in [3.8, 4) is 0 Å². The normalized spacial score (nSPS) is 10.3. The van der Waals surface area contributed by atoms with Crippen LogP contribution in [0.2, 0.25) is 0 Å². The summed E-state index contributed by atoms with van der Waals surface area (Å²) in [5.74, 6) is 0.0225. The Morgan fingerprint density at radius 1 is 1.33 bits per heavy atom. The lowest BCUT2D eigenvalue weighted by molar-refractivity contribution is 0.614. The Bertz CT molecular complexity index is 438. The smallest absolute Gasteiger partial charge is 0.223 e. The van der Waals surface area contributed by atoms with Gasteiger partial charge in [0, 0.05) is 6.54 Å². The number of aromatic nitrogens is 2. The van der Waals surface area contributed by atoms with Crippen LogP contribution in [-0.2, 0) is 6.54 Å². The van der Waals surface area contributed by atoms with E-state index in [1.807, 2.05) is 0 Å². The SMILES string of the molecule is Cc1cscc1CNc1ncc(F)cn1. The Morgan fingerprint density at radius 3 is 2.67 bits per heavy atom. The number of anilines is 1. The van der Waals surface area contributed by atoms with Crippen molar-refractivity contribution in [2.45, 2.75) is 13.5 Å². The first-order chi connectivity index (χ1) is 7.25. The molecule has 0 aromatic carbocycles. The molecule has 0 unspecified atom stereocenters. The van der Waals surface area contributed by atoms with Gasteiger partial charge in [0.1, 0.15) is 0 Å². The quantitative estimate of drug-likeness (QED) is 0.869. The molecule has 0 atom stereocenters. The van der Waals surface area contributed by atoms with Crippen LogP contribution in [0.3, 0.4) is 0 Å². The third-order valence-corrected chi connectivity index (χ3v) is 2.93. The minimum absolute atomic E-state index is 0.424. The largest absolute Gasteiger partial charge is 0.350 e. The van der Waals surface area contributed by atoms with E-state index in [4.69, 9.17) is 0 Å². The number of aryl methyl sites for hydroxylation is 1. The first-order valence-electron chi connectivity index (χ1n) is 4.49. The Labute approximate surface area is 91.0 Å². The standard InChI is InChI=1S/C10H10FN3S/c1-7-5-15-6-8(7)2-12-10-13-3-9(11)4-14-10/h3-6H,2H2,1H3,(H,12,13,14). The molecular weight excluding hydrogens is 213 g/mol. The highest BCUT2D eigenvalue weighted by Crippen LogP contribution is 2.14. The van der Waals surface area contributed by atoms with Crippen molar-refractivity contribution >= 4 is 17.3 Å². The predicted molar refractivity (Wildman–Crippen MR) is 58.4 cm³/mol. The van der Waals surface area contributed by atoms with Gasteiger partial charge in [-0.25, -0.2) is 14.4 Å². The number of rotatable bonds is 3. The van der Waals surface area contributed by atoms with Crippen LogP contribution < -0.4 is 5.32 Å². The first-order valence-corrected chi connectivity index (χ1v) is 5.43. The first kappa shape index (κ1) is 10.0. The van der Waals surface area contributed by atoms with E-state index in [-0.39, 0.29) is 0 Å². The fraction of sp³-hybridized carbons (Fsp3) is 0.200. The summed E-state index contributed by atoms with van der Waals surface area (Å²) < 4.78 is 12.5. The van der Waals surface area contributed by atoms with E-state index in [9.17, 15) is 4.39 Å². The van der Waals surface area contributed by atoms with Gasteiger partial charge in [0.15, 0.2) is 5.82 Å². The Morgan fingerprint density at radius 2 is 2.07 bits per heavy atom. The average Bonchev–Trinajstić information content (AvgIpc) is 2.63. The number of hydrogen-bond donors (Lipinski definition) is 1. The van der Waals surface area contributed by atoms with Crippen LogP contribution in [0.15, 0.2) is 23.2 Å². The van der Waals surface area contributed by atoms with Crippen LogP contribution in [0.25, 0.3) is 0 Å². The fourth-order valence-corrected chi connectivity index (χ4v) is 2.00. The zero-order valence-corrected chi connectivity index (χ0v) is 9.01. The van der Waals surface area contributed by atoms with Crippen LogP contribution in [0, 0.1) is 12.7 Å². The Balaban J connectivity index is 1.99. The van der Waals surface area contributed by atoms with Gasteiger partial charge >= 0.3 is 0 Å². The zero-order valence-electron chi connectivity index (χ0n) is 8.20. The molecule has 0 aliphatic heterocycles. The summed E-state index contributed by atoms with van der Waals surface area (Å²) in [7, 11) is 0. The average molecular weight is 223 g/mol. The topological polar surface area (TPSA) is 37.8 Å². The van der Waals surface area contributed by atoms with Crippen molar-refractivity contribution in [2.75, 3.05) is 5.32 Å². The molecule has 1 N–H and O–H groups in total. The molecule has 2 aromatic rings. The van der Waals surface area contributed by atoms with Crippen molar-refractivity contribution in [1.29, 1.82) is 0 Å². The molecule has 0 saturated carbocycles. The van der Waals surface area contributed by atoms with E-state index in [1.54, 1.807) is 11.3 Å². The summed E-state index contributed by atoms with van der Waals surface area (Å²) in [4.78, 5) is 7.63. The van der Waals surface area contributed by atoms with E-state index in [0.717, 1.165) is 12.4 Å². The van der Waals surface area contributed by atoms with Gasteiger partial charge in [-0.3, -0.25) is 0 Å². The van der Waals surface area contributed by atoms with Gasteiger partial charge in [0.05, 0.1) is 12.4 Å². The van der Waals surface area contributed by atoms with Gasteiger partial charge in [-0.05, 0) is 28.8 Å². The monoisotopic (exact) mass is 223 g/mol. The molecule has 3 nitrogen and oxygen atoms in total. The summed E-state index contributed by atoms with van der Waals surface area (Å²) in [5.41, 5.74) is 2.46. The molecule has 0 saturated heterocycles. The number of nitrogens with zero attached hydrogens (tertiary/aromatic N) is 2. The summed E-state index contributed by atoms with van der Waals surface area (Å²) in [6, 6.07) is 0. The van der Waals surface area contributed by atoms with Gasteiger partial charge in [-0.1, -0.05) is 0 Å². The highest BCUT2D eigenvalue weighted by atomic mass is 32.1. The van der Waals surface area contributed by atoms with Gasteiger partial charge in [0.25, 0.3) is 0 Å². The second-order valence-corrected chi connectivity index (χ2v) is 3.90. The second-order valence-electron chi connectivity index (χ2n) is 3.16. The predicted octanol–water partition coefficient (Wildman–Crippen LogP) is 2.60. The maximum Gasteiger partial charge on any atom is 0.223 e. The molecule has 0 amide bonds. The van der Waals surface area contributed by atoms with Crippen molar-refractivity contribution in [1.82, 2.24) is 9.97 Å². The molecule has 0 aliphatic carbocycles. The second kappa shape index (κ2) is 4.35. The molecule has 2 rings (SSSR count). The van der Waals surface area contributed by atoms with Crippen molar-refractivity contribution < 1.29 is 4.39 Å². The molecule has 0 fully saturated rings. The van der Waals surface area contributed by atoms with Gasteiger partial charge in [0.2, 0.25) is 5.95 Å². The Kier molecular flexibility index (Phi) is 2.91. The van der Waals surface area contributed by atoms with Crippen LogP contribution in [0.4, 0.5) is 10.3 Å². The number of nitrogens with one attached hydrogen (secondary N) is 1. The summed E-state index contributed by atoms with van der Waals surface area (Å²) >= 11 is 1.66. The highest BCUT2D eigenvalue weighted by molar-refractivity contribution is 7.08. The molecule has 0 spiro atoms. The van der Waals surface area contributed by atoms with Gasteiger partial charge < -0.3 is 5.32 Å². The molecule has 78 valence electrons. The molecule has 15 heavy (non-hydrogen) atoms. The maximum absolute atomic E-state index is 12.5. The fourth-order valence-electron chi connectivity index (χ4n) is 1.15. The minimum Gasteiger partial charge on any atom is -0.350 e. The van der Waals surface area contributed by atoms with E-state index < -0.39 is 5.82 Å². The number of hydrogen-bond acceptors (Lipinski definition) is 4. The molecule has 2 heterocycles. The summed E-state index contributed by atoms with van der Waals surface area (Å²) in [6.45, 7) is 2.72. The van der Waals surface area contributed by atoms with Crippen LogP contribution >= 0.6 is 11.3 Å². The van der Waals surface area contributed by atoms with Crippen LogP contribution in [-0.4, -0.2) is 9.97 Å². The van der Waals surface area contributed by atoms with Crippen molar-refractivity contribution in [2.24, 2.45) is 0 Å². The zero-order chi connectivity index (χ0) is 10.7. The third kappa shape index (κ3) is 2.50. The molecular formula is C10H10FN3S. The third-order valence-electron chi connectivity index (χ3n) is 2.02. The summed E-state index contributed by atoms with van der Waals surface area (Å²) in [6.07, 6.45) is 2.30. The van der Waals surface area contributed by atoms with E-state index in [2.05, 4.69) is 33.0 Å². The Hall–Kier alpha value is -1.49. The minimum atomic E-state index is -0.424. The van der Waals surface area contributed by atoms with Gasteiger partial charge in [-0.15, -0.1) is 0 Å². The lowest BCUT2D eigenvalue weighted by atomic mass is 10.2. The summed E-state index contributed by atoms with van der Waals surface area (Å²) in [5, 5.41) is 7.19. The lowest BCUT2D eigenvalue weighted by Crippen LogP contribution is -2.03. The van der Waals surface area contributed by atoms with E-state index in [0.29, 0.717) is 12.5 Å². The molecule has 5 heteroatoms. The lowest BCUT2D eigenvalue weighted by Gasteiger charge is -2.03.